The highest BCUT2D eigenvalue weighted by Gasteiger charge is 2.03. The average molecular weight is 163 g/mol. The molecule has 12 heavy (non-hydrogen) atoms. The lowest BCUT2D eigenvalue weighted by Crippen LogP contribution is -1.92. The molecule has 0 amide bonds. The van der Waals surface area contributed by atoms with Crippen molar-refractivity contribution in [3.8, 4) is 0 Å². The van der Waals surface area contributed by atoms with Gasteiger partial charge in [-0.3, -0.25) is 0 Å². The van der Waals surface area contributed by atoms with E-state index >= 15 is 0 Å². The van der Waals surface area contributed by atoms with Crippen LogP contribution in [0.1, 0.15) is 17.9 Å². The van der Waals surface area contributed by atoms with Gasteiger partial charge in [0, 0.05) is 0 Å². The molecule has 1 rings (SSSR count). The molecule has 0 N–H and O–H groups in total. The third-order valence-electron chi connectivity index (χ3n) is 1.77. The van der Waals surface area contributed by atoms with Crippen molar-refractivity contribution in [2.24, 2.45) is 0 Å². The summed E-state index contributed by atoms with van der Waals surface area (Å²) in [5.41, 5.74) is 0.926. The van der Waals surface area contributed by atoms with Gasteiger partial charge in [-0.1, -0.05) is 18.2 Å². The molecule has 0 aliphatic carbocycles. The maximum absolute atomic E-state index is 12.7. The van der Waals surface area contributed by atoms with Gasteiger partial charge in [0.2, 0.25) is 0 Å². The lowest BCUT2D eigenvalue weighted by Gasteiger charge is -2.07. The molecule has 0 nitrogen and oxygen atoms in total. The molecule has 1 aromatic carbocycles. The summed E-state index contributed by atoms with van der Waals surface area (Å²) in [5, 5.41) is 0. The van der Waals surface area contributed by atoms with E-state index in [1.54, 1.807) is 12.1 Å². The predicted octanol–water partition coefficient (Wildman–Crippen LogP) is 3.32. The van der Waals surface area contributed by atoms with E-state index in [0.717, 1.165) is 12.0 Å². The largest absolute Gasteiger partial charge is 0.207 e. The van der Waals surface area contributed by atoms with Crippen LogP contribution in [0.2, 0.25) is 0 Å². The van der Waals surface area contributed by atoms with Crippen molar-refractivity contribution < 1.29 is 4.39 Å². The minimum Gasteiger partial charge on any atom is -0.207 e. The molecule has 1 radical (unpaired) electrons. The minimum absolute atomic E-state index is 0.109. The van der Waals surface area contributed by atoms with Crippen LogP contribution in [0.5, 0.6) is 0 Å². The van der Waals surface area contributed by atoms with Crippen LogP contribution in [-0.4, -0.2) is 0 Å². The van der Waals surface area contributed by atoms with Crippen LogP contribution < -0.4 is 0 Å². The van der Waals surface area contributed by atoms with Crippen LogP contribution in [0.25, 0.3) is 0 Å². The fourth-order valence-electron chi connectivity index (χ4n) is 1.10. The average Bonchev–Trinajstić information content (AvgIpc) is 2.05. The van der Waals surface area contributed by atoms with Crippen LogP contribution >= 0.6 is 0 Å². The third kappa shape index (κ3) is 2.19. The molecular weight excluding hydrogens is 151 g/mol. The number of hydrogen-bond acceptors (Lipinski definition) is 0. The zero-order valence-electron chi connectivity index (χ0n) is 6.96. The maximum atomic E-state index is 12.7. The molecule has 1 atom stereocenters. The van der Waals surface area contributed by atoms with Crippen LogP contribution in [0.3, 0.4) is 0 Å². The fourth-order valence-corrected chi connectivity index (χ4v) is 1.10. The highest BCUT2D eigenvalue weighted by Crippen LogP contribution is 2.18. The van der Waals surface area contributed by atoms with E-state index in [9.17, 15) is 4.39 Å². The maximum Gasteiger partial charge on any atom is 0.123 e. The normalized spacial score (nSPS) is 12.5. The van der Waals surface area contributed by atoms with E-state index < -0.39 is 0 Å². The lowest BCUT2D eigenvalue weighted by molar-refractivity contribution is 0.623. The topological polar surface area (TPSA) is 0 Å². The molecule has 1 aromatic rings. The number of allylic oxidation sites excluding steroid dienone is 1. The van der Waals surface area contributed by atoms with E-state index in [0.29, 0.717) is 0 Å². The molecule has 0 spiro atoms. The molecule has 1 unspecified atom stereocenters. The van der Waals surface area contributed by atoms with Crippen LogP contribution in [-0.2, 0) is 0 Å². The predicted molar refractivity (Wildman–Crippen MR) is 49.3 cm³/mol. The Kier molecular flexibility index (Phi) is 3.03. The first-order chi connectivity index (χ1) is 5.74. The van der Waals surface area contributed by atoms with E-state index in [2.05, 4.69) is 13.5 Å². The fraction of sp³-hybridized carbons (Fsp3) is 0.182. The summed E-state index contributed by atoms with van der Waals surface area (Å²) in [6.07, 6.45) is 2.58. The first kappa shape index (κ1) is 8.98. The van der Waals surface area contributed by atoms with Gasteiger partial charge in [0.1, 0.15) is 5.82 Å². The zero-order valence-corrected chi connectivity index (χ0v) is 6.96. The molecule has 0 saturated heterocycles. The Balaban J connectivity index is 2.80. The second kappa shape index (κ2) is 4.05. The Labute approximate surface area is 72.7 Å². The lowest BCUT2D eigenvalue weighted by atomic mass is 9.98. The summed E-state index contributed by atoms with van der Waals surface area (Å²) in [4.78, 5) is 0. The van der Waals surface area contributed by atoms with Gasteiger partial charge in [-0.05, 0) is 37.0 Å². The first-order valence-corrected chi connectivity index (χ1v) is 3.93. The second-order valence-electron chi connectivity index (χ2n) is 2.78. The summed E-state index contributed by atoms with van der Waals surface area (Å²) in [6, 6.07) is 6.53. The Hall–Kier alpha value is -1.11. The van der Waals surface area contributed by atoms with Crippen LogP contribution in [0.15, 0.2) is 36.9 Å². The number of halogens is 1. The molecule has 0 aliphatic rings. The minimum atomic E-state index is -0.204. The van der Waals surface area contributed by atoms with Gasteiger partial charge in [0.25, 0.3) is 0 Å². The van der Waals surface area contributed by atoms with Crippen molar-refractivity contribution in [3.63, 3.8) is 0 Å². The van der Waals surface area contributed by atoms with Crippen molar-refractivity contribution >= 4 is 0 Å². The molecule has 0 fully saturated rings. The molecule has 63 valence electrons. The monoisotopic (exact) mass is 163 g/mol. The van der Waals surface area contributed by atoms with Crippen molar-refractivity contribution in [3.05, 3.63) is 55.2 Å². The molecular formula is C11H12F. The van der Waals surface area contributed by atoms with E-state index in [1.165, 1.54) is 12.1 Å². The van der Waals surface area contributed by atoms with Crippen LogP contribution in [0, 0.1) is 12.7 Å². The summed E-state index contributed by atoms with van der Waals surface area (Å²) in [5.74, 6) is -0.0941. The molecule has 0 bridgehead atoms. The van der Waals surface area contributed by atoms with E-state index in [4.69, 9.17) is 0 Å². The molecule has 0 aliphatic heterocycles. The van der Waals surface area contributed by atoms with Gasteiger partial charge in [-0.15, -0.1) is 6.58 Å². The highest BCUT2D eigenvalue weighted by atomic mass is 19.1. The van der Waals surface area contributed by atoms with Gasteiger partial charge in [0.05, 0.1) is 0 Å². The standard InChI is InChI=1S/C11H12F/c1-3-5-9(2)10-6-4-7-11(12)8-10/h3-4,6-9H,1-2,5H2. The summed E-state index contributed by atoms with van der Waals surface area (Å²) >= 11 is 0. The van der Waals surface area contributed by atoms with Crippen molar-refractivity contribution in [2.75, 3.05) is 0 Å². The smallest absolute Gasteiger partial charge is 0.123 e. The number of rotatable bonds is 3. The number of benzene rings is 1. The Bertz CT molecular complexity index is 265. The quantitative estimate of drug-likeness (QED) is 0.599. The Morgan fingerprint density at radius 3 is 2.83 bits per heavy atom. The Morgan fingerprint density at radius 1 is 1.50 bits per heavy atom. The van der Waals surface area contributed by atoms with Crippen molar-refractivity contribution in [2.45, 2.75) is 12.3 Å². The molecule has 0 heterocycles. The first-order valence-electron chi connectivity index (χ1n) is 3.93. The molecule has 0 aromatic heterocycles. The van der Waals surface area contributed by atoms with Gasteiger partial charge in [-0.25, -0.2) is 4.39 Å². The zero-order chi connectivity index (χ0) is 8.97. The summed E-state index contributed by atoms with van der Waals surface area (Å²) < 4.78 is 12.7. The van der Waals surface area contributed by atoms with Crippen molar-refractivity contribution in [1.29, 1.82) is 0 Å². The second-order valence-corrected chi connectivity index (χ2v) is 2.78. The molecule has 0 saturated carbocycles. The number of hydrogen-bond donors (Lipinski definition) is 0. The van der Waals surface area contributed by atoms with E-state index in [-0.39, 0.29) is 11.7 Å². The SMILES string of the molecule is [CH2]C(CC=C)c1cccc(F)c1. The van der Waals surface area contributed by atoms with Gasteiger partial charge in [0.15, 0.2) is 0 Å². The summed E-state index contributed by atoms with van der Waals surface area (Å²) in [7, 11) is 0. The van der Waals surface area contributed by atoms with Crippen LogP contribution in [0.4, 0.5) is 4.39 Å². The third-order valence-corrected chi connectivity index (χ3v) is 1.77. The van der Waals surface area contributed by atoms with Gasteiger partial charge in [-0.2, -0.15) is 0 Å². The molecule has 1 heteroatoms. The van der Waals surface area contributed by atoms with Gasteiger partial charge >= 0.3 is 0 Å². The highest BCUT2D eigenvalue weighted by molar-refractivity contribution is 5.22. The van der Waals surface area contributed by atoms with Gasteiger partial charge < -0.3 is 0 Å². The summed E-state index contributed by atoms with van der Waals surface area (Å²) in [6.45, 7) is 7.52. The Morgan fingerprint density at radius 2 is 2.25 bits per heavy atom. The van der Waals surface area contributed by atoms with Crippen molar-refractivity contribution in [1.82, 2.24) is 0 Å². The van der Waals surface area contributed by atoms with E-state index in [1.807, 2.05) is 6.07 Å².